The van der Waals surface area contributed by atoms with Gasteiger partial charge in [-0.25, -0.2) is 14.6 Å². The zero-order valence-electron chi connectivity index (χ0n) is 10.4. The van der Waals surface area contributed by atoms with Crippen molar-refractivity contribution in [1.29, 1.82) is 0 Å². The Bertz CT molecular complexity index is 584. The number of rotatable bonds is 4. The third-order valence-corrected chi connectivity index (χ3v) is 2.43. The van der Waals surface area contributed by atoms with Crippen LogP contribution in [0.15, 0.2) is 48.7 Å². The minimum atomic E-state index is -1.09. The number of carbonyl (C=O) groups is 2. The van der Waals surface area contributed by atoms with E-state index in [0.29, 0.717) is 0 Å². The number of pyridine rings is 1. The van der Waals surface area contributed by atoms with Gasteiger partial charge in [-0.2, -0.15) is 0 Å². The first-order chi connectivity index (χ1) is 9.16. The van der Waals surface area contributed by atoms with Crippen molar-refractivity contribution < 1.29 is 19.4 Å². The predicted octanol–water partition coefficient (Wildman–Crippen LogP) is 2.56. The first kappa shape index (κ1) is 15.7. The summed E-state index contributed by atoms with van der Waals surface area (Å²) in [6.07, 6.45) is 1.13. The van der Waals surface area contributed by atoms with Gasteiger partial charge in [-0.1, -0.05) is 30.3 Å². The van der Waals surface area contributed by atoms with Crippen LogP contribution in [0.4, 0.5) is 0 Å². The number of halogens is 1. The van der Waals surface area contributed by atoms with Gasteiger partial charge in [-0.15, -0.1) is 12.4 Å². The fourth-order valence-corrected chi connectivity index (χ4v) is 1.44. The number of carboxylic acid groups (broad SMARTS) is 1. The molecule has 1 heterocycles. The van der Waals surface area contributed by atoms with E-state index in [9.17, 15) is 9.59 Å². The van der Waals surface area contributed by atoms with Gasteiger partial charge in [0.25, 0.3) is 0 Å². The van der Waals surface area contributed by atoms with Gasteiger partial charge in [-0.05, 0) is 17.7 Å². The minimum absolute atomic E-state index is 0. The van der Waals surface area contributed by atoms with E-state index in [2.05, 4.69) is 4.98 Å². The maximum Gasteiger partial charge on any atom is 0.357 e. The first-order valence-electron chi connectivity index (χ1n) is 5.57. The number of benzene rings is 1. The molecule has 0 unspecified atom stereocenters. The number of hydrogen-bond donors (Lipinski definition) is 1. The third-order valence-electron chi connectivity index (χ3n) is 2.43. The standard InChI is InChI=1S/C14H11NO4.ClH/c16-13(17)11-6-7-12(15-8-11)14(18)19-9-10-4-2-1-3-5-10;/h1-8H,9H2,(H,16,17);1H. The predicted molar refractivity (Wildman–Crippen MR) is 74.0 cm³/mol. The van der Waals surface area contributed by atoms with Crippen LogP contribution in [0, 0.1) is 0 Å². The largest absolute Gasteiger partial charge is 0.478 e. The van der Waals surface area contributed by atoms with Crippen LogP contribution in [0.1, 0.15) is 26.4 Å². The molecule has 0 spiro atoms. The van der Waals surface area contributed by atoms with Gasteiger partial charge in [-0.3, -0.25) is 0 Å². The molecule has 0 amide bonds. The van der Waals surface area contributed by atoms with E-state index in [4.69, 9.17) is 9.84 Å². The number of hydrogen-bond acceptors (Lipinski definition) is 4. The summed E-state index contributed by atoms with van der Waals surface area (Å²) in [6.45, 7) is 0.155. The Hall–Kier alpha value is -2.40. The lowest BCUT2D eigenvalue weighted by atomic mass is 10.2. The maximum absolute atomic E-state index is 11.7. The maximum atomic E-state index is 11.7. The highest BCUT2D eigenvalue weighted by atomic mass is 35.5. The second-order valence-electron chi connectivity index (χ2n) is 3.80. The summed E-state index contributed by atoms with van der Waals surface area (Å²) in [4.78, 5) is 26.1. The molecule has 0 fully saturated rings. The van der Waals surface area contributed by atoms with E-state index in [1.54, 1.807) is 0 Å². The molecule has 1 aromatic heterocycles. The van der Waals surface area contributed by atoms with Gasteiger partial charge in [0.15, 0.2) is 0 Å². The van der Waals surface area contributed by atoms with Gasteiger partial charge in [0, 0.05) is 6.20 Å². The van der Waals surface area contributed by atoms with Crippen molar-refractivity contribution in [2.45, 2.75) is 6.61 Å². The van der Waals surface area contributed by atoms with Crippen molar-refractivity contribution in [2.75, 3.05) is 0 Å². The zero-order valence-corrected chi connectivity index (χ0v) is 11.2. The number of nitrogens with zero attached hydrogens (tertiary/aromatic N) is 1. The van der Waals surface area contributed by atoms with Crippen molar-refractivity contribution in [3.63, 3.8) is 0 Å². The Morgan fingerprint density at radius 1 is 1.10 bits per heavy atom. The van der Waals surface area contributed by atoms with Gasteiger partial charge in [0.2, 0.25) is 0 Å². The van der Waals surface area contributed by atoms with Crippen molar-refractivity contribution >= 4 is 24.3 Å². The van der Waals surface area contributed by atoms with E-state index in [-0.39, 0.29) is 30.3 Å². The molecule has 1 N–H and O–H groups in total. The molecule has 2 aromatic rings. The van der Waals surface area contributed by atoms with Crippen LogP contribution >= 0.6 is 12.4 Å². The molecule has 0 aliphatic carbocycles. The highest BCUT2D eigenvalue weighted by molar-refractivity contribution is 5.90. The lowest BCUT2D eigenvalue weighted by molar-refractivity contribution is 0.0464. The van der Waals surface area contributed by atoms with Crippen LogP contribution < -0.4 is 0 Å². The minimum Gasteiger partial charge on any atom is -0.478 e. The molecule has 104 valence electrons. The monoisotopic (exact) mass is 293 g/mol. The number of carbonyl (C=O) groups excluding carboxylic acids is 1. The molecule has 2 rings (SSSR count). The summed E-state index contributed by atoms with van der Waals surface area (Å²) in [6, 6.07) is 11.9. The zero-order chi connectivity index (χ0) is 13.7. The lowest BCUT2D eigenvalue weighted by Crippen LogP contribution is -2.08. The third kappa shape index (κ3) is 4.07. The molecular formula is C14H12ClNO4. The number of aromatic carboxylic acids is 1. The van der Waals surface area contributed by atoms with E-state index in [1.807, 2.05) is 30.3 Å². The lowest BCUT2D eigenvalue weighted by Gasteiger charge is -2.04. The van der Waals surface area contributed by atoms with E-state index >= 15 is 0 Å². The Labute approximate surface area is 121 Å². The average molecular weight is 294 g/mol. The normalized spacial score (nSPS) is 9.40. The fraction of sp³-hybridized carbons (Fsp3) is 0.0714. The highest BCUT2D eigenvalue weighted by Crippen LogP contribution is 2.05. The highest BCUT2D eigenvalue weighted by Gasteiger charge is 2.10. The van der Waals surface area contributed by atoms with Gasteiger partial charge < -0.3 is 9.84 Å². The molecule has 5 nitrogen and oxygen atoms in total. The molecule has 20 heavy (non-hydrogen) atoms. The van der Waals surface area contributed by atoms with E-state index in [0.717, 1.165) is 11.8 Å². The Morgan fingerprint density at radius 3 is 2.35 bits per heavy atom. The second kappa shape index (κ2) is 7.25. The summed E-state index contributed by atoms with van der Waals surface area (Å²) in [5.41, 5.74) is 0.985. The van der Waals surface area contributed by atoms with Crippen molar-refractivity contribution in [1.82, 2.24) is 4.98 Å². The van der Waals surface area contributed by atoms with Gasteiger partial charge >= 0.3 is 11.9 Å². The summed E-state index contributed by atoms with van der Waals surface area (Å²) >= 11 is 0. The van der Waals surface area contributed by atoms with Crippen LogP contribution in [0.2, 0.25) is 0 Å². The van der Waals surface area contributed by atoms with Crippen LogP contribution in [-0.4, -0.2) is 22.0 Å². The SMILES string of the molecule is Cl.O=C(O)c1ccc(C(=O)OCc2ccccc2)nc1. The Balaban J connectivity index is 0.00000200. The molecule has 1 aromatic carbocycles. The molecule has 0 atom stereocenters. The number of ether oxygens (including phenoxy) is 1. The summed E-state index contributed by atoms with van der Waals surface area (Å²) in [5, 5.41) is 8.71. The molecule has 0 bridgehead atoms. The Morgan fingerprint density at radius 2 is 1.80 bits per heavy atom. The molecule has 6 heteroatoms. The molecule has 0 saturated heterocycles. The molecule has 0 aliphatic heterocycles. The number of aromatic nitrogens is 1. The van der Waals surface area contributed by atoms with Crippen LogP contribution in [0.3, 0.4) is 0 Å². The Kier molecular flexibility index (Phi) is 5.68. The molecule has 0 radical (unpaired) electrons. The fourth-order valence-electron chi connectivity index (χ4n) is 1.44. The van der Waals surface area contributed by atoms with Crippen LogP contribution in [0.25, 0.3) is 0 Å². The quantitative estimate of drug-likeness (QED) is 0.877. The van der Waals surface area contributed by atoms with Crippen molar-refractivity contribution in [3.8, 4) is 0 Å². The first-order valence-corrected chi connectivity index (χ1v) is 5.57. The molecular weight excluding hydrogens is 282 g/mol. The van der Waals surface area contributed by atoms with E-state index < -0.39 is 11.9 Å². The molecule has 0 saturated carbocycles. The average Bonchev–Trinajstić information content (AvgIpc) is 2.46. The van der Waals surface area contributed by atoms with Gasteiger partial charge in [0.1, 0.15) is 12.3 Å². The number of esters is 1. The second-order valence-corrected chi connectivity index (χ2v) is 3.80. The smallest absolute Gasteiger partial charge is 0.357 e. The summed E-state index contributed by atoms with van der Waals surface area (Å²) < 4.78 is 5.07. The summed E-state index contributed by atoms with van der Waals surface area (Å²) in [5.74, 6) is -1.67. The van der Waals surface area contributed by atoms with Crippen molar-refractivity contribution in [3.05, 3.63) is 65.5 Å². The summed E-state index contributed by atoms with van der Waals surface area (Å²) in [7, 11) is 0. The molecule has 0 aliphatic rings. The van der Waals surface area contributed by atoms with Crippen molar-refractivity contribution in [2.24, 2.45) is 0 Å². The topological polar surface area (TPSA) is 76.5 Å². The number of carboxylic acids is 1. The van der Waals surface area contributed by atoms with Crippen LogP contribution in [-0.2, 0) is 11.3 Å². The van der Waals surface area contributed by atoms with Gasteiger partial charge in [0.05, 0.1) is 5.56 Å². The van der Waals surface area contributed by atoms with E-state index in [1.165, 1.54) is 12.1 Å². The van der Waals surface area contributed by atoms with Crippen LogP contribution in [0.5, 0.6) is 0 Å².